The van der Waals surface area contributed by atoms with Crippen molar-refractivity contribution in [1.82, 2.24) is 15.1 Å². The van der Waals surface area contributed by atoms with Crippen molar-refractivity contribution in [3.63, 3.8) is 0 Å². The lowest BCUT2D eigenvalue weighted by Crippen LogP contribution is -2.58. The summed E-state index contributed by atoms with van der Waals surface area (Å²) in [5.74, 6) is 0.825. The van der Waals surface area contributed by atoms with Crippen molar-refractivity contribution in [3.05, 3.63) is 34.9 Å². The van der Waals surface area contributed by atoms with Crippen LogP contribution < -0.4 is 5.32 Å². The fourth-order valence-electron chi connectivity index (χ4n) is 3.61. The molecular formula is C19H26ClN3O2. The normalized spacial score (nSPS) is 22.4. The maximum absolute atomic E-state index is 12.7. The molecule has 2 atom stereocenters. The average Bonchev–Trinajstić information content (AvgIpc) is 2.52. The van der Waals surface area contributed by atoms with E-state index >= 15 is 0 Å². The van der Waals surface area contributed by atoms with Crippen molar-refractivity contribution in [2.24, 2.45) is 11.8 Å². The van der Waals surface area contributed by atoms with Gasteiger partial charge in [-0.25, -0.2) is 0 Å². The highest BCUT2D eigenvalue weighted by Crippen LogP contribution is 2.21. The van der Waals surface area contributed by atoms with Gasteiger partial charge in [-0.15, -0.1) is 0 Å². The van der Waals surface area contributed by atoms with Crippen molar-refractivity contribution in [1.29, 1.82) is 0 Å². The van der Waals surface area contributed by atoms with Crippen LogP contribution in [0.4, 0.5) is 0 Å². The summed E-state index contributed by atoms with van der Waals surface area (Å²) < 4.78 is 0. The summed E-state index contributed by atoms with van der Waals surface area (Å²) in [5.41, 5.74) is 0.925. The summed E-state index contributed by atoms with van der Waals surface area (Å²) in [6, 6.07) is 7.46. The molecule has 2 aliphatic heterocycles. The van der Waals surface area contributed by atoms with Crippen LogP contribution in [0.1, 0.15) is 19.4 Å². The Kier molecular flexibility index (Phi) is 5.64. The largest absolute Gasteiger partial charge is 0.339 e. The molecule has 2 heterocycles. The number of benzene rings is 1. The van der Waals surface area contributed by atoms with Gasteiger partial charge in [0, 0.05) is 36.6 Å². The SMILES string of the molecule is CC(C(=O)N1CCN(C(=O)Cc2cccc(Cl)c2)C(C)C1)C1CNC1. The van der Waals surface area contributed by atoms with E-state index in [1.807, 2.05) is 41.8 Å². The highest BCUT2D eigenvalue weighted by atomic mass is 35.5. The maximum Gasteiger partial charge on any atom is 0.227 e. The Hall–Kier alpha value is -1.59. The second-order valence-electron chi connectivity index (χ2n) is 7.23. The van der Waals surface area contributed by atoms with E-state index in [1.165, 1.54) is 0 Å². The highest BCUT2D eigenvalue weighted by molar-refractivity contribution is 6.30. The Labute approximate surface area is 154 Å². The Morgan fingerprint density at radius 3 is 2.68 bits per heavy atom. The van der Waals surface area contributed by atoms with Crippen LogP contribution in [0.3, 0.4) is 0 Å². The summed E-state index contributed by atoms with van der Waals surface area (Å²) in [6.45, 7) is 7.74. The van der Waals surface area contributed by atoms with Gasteiger partial charge in [-0.1, -0.05) is 30.7 Å². The number of rotatable bonds is 4. The molecule has 1 N–H and O–H groups in total. The molecule has 6 heteroatoms. The molecule has 5 nitrogen and oxygen atoms in total. The molecular weight excluding hydrogens is 338 g/mol. The topological polar surface area (TPSA) is 52.7 Å². The van der Waals surface area contributed by atoms with Crippen molar-refractivity contribution in [2.45, 2.75) is 26.3 Å². The quantitative estimate of drug-likeness (QED) is 0.887. The predicted molar refractivity (Wildman–Crippen MR) is 98.4 cm³/mol. The zero-order chi connectivity index (χ0) is 18.0. The van der Waals surface area contributed by atoms with Gasteiger partial charge in [0.15, 0.2) is 0 Å². The summed E-state index contributed by atoms with van der Waals surface area (Å²) in [5, 5.41) is 3.87. The van der Waals surface area contributed by atoms with Gasteiger partial charge in [0.1, 0.15) is 0 Å². The van der Waals surface area contributed by atoms with Gasteiger partial charge in [-0.2, -0.15) is 0 Å². The molecule has 2 saturated heterocycles. The van der Waals surface area contributed by atoms with Gasteiger partial charge in [0.2, 0.25) is 11.8 Å². The van der Waals surface area contributed by atoms with Crippen LogP contribution in [-0.4, -0.2) is 60.4 Å². The first-order valence-electron chi connectivity index (χ1n) is 8.99. The van der Waals surface area contributed by atoms with Crippen molar-refractivity contribution in [2.75, 3.05) is 32.7 Å². The summed E-state index contributed by atoms with van der Waals surface area (Å²) >= 11 is 6.00. The maximum atomic E-state index is 12.7. The minimum absolute atomic E-state index is 0.0381. The molecule has 3 rings (SSSR count). The Bertz CT molecular complexity index is 647. The third kappa shape index (κ3) is 4.15. The standard InChI is InChI=1S/C19H26ClN3O2/c1-13-12-22(19(25)14(2)16-10-21-11-16)6-7-23(13)18(24)9-15-4-3-5-17(20)8-15/h3-5,8,13-14,16,21H,6-7,9-12H2,1-2H3. The molecule has 0 spiro atoms. The Balaban J connectivity index is 1.55. The number of nitrogens with zero attached hydrogens (tertiary/aromatic N) is 2. The molecule has 2 aliphatic rings. The molecule has 0 aliphatic carbocycles. The summed E-state index contributed by atoms with van der Waals surface area (Å²) in [7, 11) is 0. The summed E-state index contributed by atoms with van der Waals surface area (Å²) in [6.07, 6.45) is 0.350. The molecule has 0 aromatic heterocycles. The van der Waals surface area contributed by atoms with Gasteiger partial charge in [0.05, 0.1) is 6.42 Å². The molecule has 2 fully saturated rings. The van der Waals surface area contributed by atoms with E-state index in [0.717, 1.165) is 18.7 Å². The van der Waals surface area contributed by atoms with Gasteiger partial charge in [0.25, 0.3) is 0 Å². The third-order valence-corrected chi connectivity index (χ3v) is 5.65. The minimum Gasteiger partial charge on any atom is -0.339 e. The number of hydrogen-bond donors (Lipinski definition) is 1. The highest BCUT2D eigenvalue weighted by Gasteiger charge is 2.35. The van der Waals surface area contributed by atoms with Gasteiger partial charge < -0.3 is 15.1 Å². The van der Waals surface area contributed by atoms with E-state index in [-0.39, 0.29) is 23.8 Å². The molecule has 1 aromatic carbocycles. The van der Waals surface area contributed by atoms with Crippen molar-refractivity contribution in [3.8, 4) is 0 Å². The van der Waals surface area contributed by atoms with E-state index in [2.05, 4.69) is 5.32 Å². The van der Waals surface area contributed by atoms with Crippen LogP contribution in [-0.2, 0) is 16.0 Å². The Morgan fingerprint density at radius 1 is 1.32 bits per heavy atom. The van der Waals surface area contributed by atoms with Crippen LogP contribution in [0.15, 0.2) is 24.3 Å². The number of halogens is 1. The zero-order valence-electron chi connectivity index (χ0n) is 14.9. The zero-order valence-corrected chi connectivity index (χ0v) is 15.6. The van der Waals surface area contributed by atoms with E-state index in [0.29, 0.717) is 37.0 Å². The second kappa shape index (κ2) is 7.75. The first kappa shape index (κ1) is 18.2. The first-order chi connectivity index (χ1) is 12.0. The Morgan fingerprint density at radius 2 is 2.08 bits per heavy atom. The van der Waals surface area contributed by atoms with Crippen LogP contribution in [0.25, 0.3) is 0 Å². The number of amides is 2. The molecule has 1 aromatic rings. The molecule has 2 amide bonds. The second-order valence-corrected chi connectivity index (χ2v) is 7.67. The number of carbonyl (C=O) groups excluding carboxylic acids is 2. The molecule has 136 valence electrons. The van der Waals surface area contributed by atoms with Gasteiger partial charge in [-0.05, 0) is 43.6 Å². The molecule has 0 bridgehead atoms. The average molecular weight is 364 g/mol. The van der Waals surface area contributed by atoms with Crippen LogP contribution >= 0.6 is 11.6 Å². The summed E-state index contributed by atoms with van der Waals surface area (Å²) in [4.78, 5) is 29.1. The molecule has 0 saturated carbocycles. The smallest absolute Gasteiger partial charge is 0.227 e. The van der Waals surface area contributed by atoms with Crippen LogP contribution in [0.2, 0.25) is 5.02 Å². The number of carbonyl (C=O) groups is 2. The molecule has 2 unspecified atom stereocenters. The fraction of sp³-hybridized carbons (Fsp3) is 0.579. The van der Waals surface area contributed by atoms with E-state index in [1.54, 1.807) is 6.07 Å². The minimum atomic E-state index is 0.0381. The lowest BCUT2D eigenvalue weighted by atomic mass is 9.87. The van der Waals surface area contributed by atoms with Crippen molar-refractivity contribution >= 4 is 23.4 Å². The number of hydrogen-bond acceptors (Lipinski definition) is 3. The number of piperazine rings is 1. The van der Waals surface area contributed by atoms with Crippen LogP contribution in [0.5, 0.6) is 0 Å². The molecule has 25 heavy (non-hydrogen) atoms. The van der Waals surface area contributed by atoms with E-state index < -0.39 is 0 Å². The lowest BCUT2D eigenvalue weighted by molar-refractivity contribution is -0.145. The van der Waals surface area contributed by atoms with Crippen molar-refractivity contribution < 1.29 is 9.59 Å². The van der Waals surface area contributed by atoms with E-state index in [4.69, 9.17) is 11.6 Å². The fourth-order valence-corrected chi connectivity index (χ4v) is 3.82. The van der Waals surface area contributed by atoms with Gasteiger partial charge in [-0.3, -0.25) is 9.59 Å². The first-order valence-corrected chi connectivity index (χ1v) is 9.37. The van der Waals surface area contributed by atoms with Gasteiger partial charge >= 0.3 is 0 Å². The molecule has 0 radical (unpaired) electrons. The van der Waals surface area contributed by atoms with E-state index in [9.17, 15) is 9.59 Å². The lowest BCUT2D eigenvalue weighted by Gasteiger charge is -2.42. The third-order valence-electron chi connectivity index (χ3n) is 5.41. The monoisotopic (exact) mass is 363 g/mol. The van der Waals surface area contributed by atoms with Crippen LogP contribution in [0, 0.1) is 11.8 Å². The number of nitrogens with one attached hydrogen (secondary N) is 1. The predicted octanol–water partition coefficient (Wildman–Crippen LogP) is 1.80.